The van der Waals surface area contributed by atoms with Gasteiger partial charge in [0.25, 0.3) is 0 Å². The molecule has 0 spiro atoms. The molecule has 0 aromatic heterocycles. The van der Waals surface area contributed by atoms with Crippen LogP contribution in [0, 0.1) is 0 Å². The van der Waals surface area contributed by atoms with Crippen molar-refractivity contribution in [2.24, 2.45) is 0 Å². The van der Waals surface area contributed by atoms with Crippen LogP contribution in [-0.2, 0) is 4.74 Å². The largest absolute Gasteiger partial charge is 0.394 e. The zero-order valence-corrected chi connectivity index (χ0v) is 9.52. The van der Waals surface area contributed by atoms with Crippen molar-refractivity contribution in [3.05, 3.63) is 11.8 Å². The van der Waals surface area contributed by atoms with Gasteiger partial charge in [-0.25, -0.2) is 5.32 Å². The van der Waals surface area contributed by atoms with E-state index in [1.807, 2.05) is 0 Å². The molecule has 7 nitrogen and oxygen atoms in total. The van der Waals surface area contributed by atoms with Crippen LogP contribution in [0.2, 0.25) is 0 Å². The molecule has 1 saturated heterocycles. The lowest BCUT2D eigenvalue weighted by atomic mass is 10.1. The van der Waals surface area contributed by atoms with Gasteiger partial charge in [0.15, 0.2) is 6.35 Å². The van der Waals surface area contributed by atoms with E-state index < -0.39 is 31.0 Å². The SMILES string of the molecule is CC1=CN(C2CC(O)[C@@H](CO)O2)[C@@H](O)N[C@H]1O. The van der Waals surface area contributed by atoms with Crippen LogP contribution in [0.5, 0.6) is 0 Å². The Balaban J connectivity index is 2.08. The molecule has 0 aliphatic carbocycles. The fourth-order valence-electron chi connectivity index (χ4n) is 2.04. The Kier molecular flexibility index (Phi) is 3.67. The first-order valence-electron chi connectivity index (χ1n) is 5.55. The van der Waals surface area contributed by atoms with Gasteiger partial charge in [-0.15, -0.1) is 0 Å². The highest BCUT2D eigenvalue weighted by Gasteiger charge is 2.39. The first-order valence-corrected chi connectivity index (χ1v) is 5.55. The number of ether oxygens (including phenoxy) is 1. The summed E-state index contributed by atoms with van der Waals surface area (Å²) in [4.78, 5) is 1.47. The van der Waals surface area contributed by atoms with Gasteiger partial charge < -0.3 is 30.1 Å². The van der Waals surface area contributed by atoms with Crippen molar-refractivity contribution < 1.29 is 25.2 Å². The number of nitrogens with zero attached hydrogens (tertiary/aromatic N) is 1. The van der Waals surface area contributed by atoms with Gasteiger partial charge in [-0.1, -0.05) is 0 Å². The van der Waals surface area contributed by atoms with Crippen molar-refractivity contribution in [3.63, 3.8) is 0 Å². The van der Waals surface area contributed by atoms with E-state index >= 15 is 0 Å². The number of aliphatic hydroxyl groups is 4. The summed E-state index contributed by atoms with van der Waals surface area (Å²) < 4.78 is 5.42. The molecule has 2 heterocycles. The minimum absolute atomic E-state index is 0.264. The molecule has 2 aliphatic heterocycles. The fourth-order valence-corrected chi connectivity index (χ4v) is 2.04. The van der Waals surface area contributed by atoms with Crippen LogP contribution >= 0.6 is 0 Å². The van der Waals surface area contributed by atoms with Crippen LogP contribution in [0.15, 0.2) is 11.8 Å². The Morgan fingerprint density at radius 1 is 1.47 bits per heavy atom. The smallest absolute Gasteiger partial charge is 0.187 e. The monoisotopic (exact) mass is 246 g/mol. The first-order chi connectivity index (χ1) is 8.02. The van der Waals surface area contributed by atoms with Crippen molar-refractivity contribution in [1.29, 1.82) is 0 Å². The molecule has 0 aromatic rings. The van der Waals surface area contributed by atoms with Gasteiger partial charge in [-0.05, 0) is 12.5 Å². The lowest BCUT2D eigenvalue weighted by Gasteiger charge is -2.37. The molecule has 17 heavy (non-hydrogen) atoms. The Bertz CT molecular complexity index is 311. The normalized spacial score (nSPS) is 42.8. The average Bonchev–Trinajstić information content (AvgIpc) is 2.65. The summed E-state index contributed by atoms with van der Waals surface area (Å²) in [5, 5.41) is 40.3. The van der Waals surface area contributed by atoms with E-state index in [0.29, 0.717) is 12.0 Å². The van der Waals surface area contributed by atoms with Gasteiger partial charge in [-0.3, -0.25) is 0 Å². The highest BCUT2D eigenvalue weighted by Crippen LogP contribution is 2.26. The van der Waals surface area contributed by atoms with E-state index in [2.05, 4.69) is 5.32 Å². The van der Waals surface area contributed by atoms with E-state index in [-0.39, 0.29) is 6.61 Å². The van der Waals surface area contributed by atoms with E-state index in [1.165, 1.54) is 4.90 Å². The van der Waals surface area contributed by atoms with Crippen LogP contribution in [0.1, 0.15) is 13.3 Å². The average molecular weight is 246 g/mol. The van der Waals surface area contributed by atoms with Gasteiger partial charge in [0.1, 0.15) is 18.6 Å². The highest BCUT2D eigenvalue weighted by molar-refractivity contribution is 5.08. The second kappa shape index (κ2) is 4.89. The predicted octanol–water partition coefficient (Wildman–Crippen LogP) is -2.14. The molecule has 0 saturated carbocycles. The molecule has 0 bridgehead atoms. The minimum Gasteiger partial charge on any atom is -0.394 e. The molecule has 7 heteroatoms. The number of hydrogen-bond acceptors (Lipinski definition) is 7. The predicted molar refractivity (Wildman–Crippen MR) is 57.1 cm³/mol. The molecule has 5 atom stereocenters. The summed E-state index contributed by atoms with van der Waals surface area (Å²) in [5.74, 6) is 0. The molecule has 1 fully saturated rings. The van der Waals surface area contributed by atoms with E-state index in [4.69, 9.17) is 9.84 Å². The van der Waals surface area contributed by atoms with Crippen molar-refractivity contribution in [3.8, 4) is 0 Å². The van der Waals surface area contributed by atoms with Crippen LogP contribution in [0.3, 0.4) is 0 Å². The second-order valence-electron chi connectivity index (χ2n) is 4.38. The van der Waals surface area contributed by atoms with Crippen LogP contribution < -0.4 is 5.32 Å². The standard InChI is InChI=1S/C10H18N2O5/c1-5-3-12(10(16)11-9(5)15)8-2-6(14)7(4-13)17-8/h3,6-11,13-16H,2,4H2,1H3/t6?,7-,8?,9+,10+/m1/s1. The number of nitrogens with one attached hydrogen (secondary N) is 1. The van der Waals surface area contributed by atoms with Gasteiger partial charge in [-0.2, -0.15) is 0 Å². The van der Waals surface area contributed by atoms with Gasteiger partial charge in [0.05, 0.1) is 12.7 Å². The van der Waals surface area contributed by atoms with E-state index in [1.54, 1.807) is 13.1 Å². The Labute approximate surface area is 98.9 Å². The minimum atomic E-state index is -1.08. The molecule has 0 amide bonds. The number of aliphatic hydroxyl groups excluding tert-OH is 4. The molecular weight excluding hydrogens is 228 g/mol. The van der Waals surface area contributed by atoms with Crippen LogP contribution in [0.25, 0.3) is 0 Å². The molecular formula is C10H18N2O5. The third-order valence-electron chi connectivity index (χ3n) is 3.09. The Hall–Kier alpha value is -0.700. The maximum Gasteiger partial charge on any atom is 0.187 e. The maximum absolute atomic E-state index is 9.75. The third-order valence-corrected chi connectivity index (χ3v) is 3.09. The molecule has 2 aliphatic rings. The molecule has 0 aromatic carbocycles. The highest BCUT2D eigenvalue weighted by atomic mass is 16.5. The molecule has 2 rings (SSSR count). The topological polar surface area (TPSA) is 105 Å². The fraction of sp³-hybridized carbons (Fsp3) is 0.800. The zero-order valence-electron chi connectivity index (χ0n) is 9.52. The zero-order chi connectivity index (χ0) is 12.6. The van der Waals surface area contributed by atoms with Gasteiger partial charge >= 0.3 is 0 Å². The lowest BCUT2D eigenvalue weighted by Crippen LogP contribution is -2.55. The first kappa shape index (κ1) is 12.7. The van der Waals surface area contributed by atoms with E-state index in [0.717, 1.165) is 0 Å². The Morgan fingerprint density at radius 3 is 2.76 bits per heavy atom. The molecule has 5 N–H and O–H groups in total. The Morgan fingerprint density at radius 2 is 2.18 bits per heavy atom. The van der Waals surface area contributed by atoms with Gasteiger partial charge in [0.2, 0.25) is 0 Å². The van der Waals surface area contributed by atoms with Crippen molar-refractivity contribution in [2.45, 2.75) is 44.4 Å². The van der Waals surface area contributed by atoms with E-state index in [9.17, 15) is 15.3 Å². The van der Waals surface area contributed by atoms with Crippen LogP contribution in [-0.4, -0.2) is 62.9 Å². The van der Waals surface area contributed by atoms with Gasteiger partial charge in [0, 0.05) is 12.6 Å². The maximum atomic E-state index is 9.75. The number of rotatable bonds is 2. The quantitative estimate of drug-likeness (QED) is 0.378. The van der Waals surface area contributed by atoms with Crippen molar-refractivity contribution >= 4 is 0 Å². The summed E-state index contributed by atoms with van der Waals surface area (Å²) in [6, 6.07) is 0. The van der Waals surface area contributed by atoms with Crippen molar-refractivity contribution in [2.75, 3.05) is 6.61 Å². The summed E-state index contributed by atoms with van der Waals surface area (Å²) >= 11 is 0. The molecule has 0 radical (unpaired) electrons. The summed E-state index contributed by atoms with van der Waals surface area (Å²) in [6.45, 7) is 1.45. The summed E-state index contributed by atoms with van der Waals surface area (Å²) in [6.07, 6.45) is -1.99. The van der Waals surface area contributed by atoms with Crippen molar-refractivity contribution in [1.82, 2.24) is 10.2 Å². The summed E-state index contributed by atoms with van der Waals surface area (Å²) in [5.41, 5.74) is 0.640. The molecule has 98 valence electrons. The molecule has 2 unspecified atom stereocenters. The second-order valence-corrected chi connectivity index (χ2v) is 4.38. The number of hydrogen-bond donors (Lipinski definition) is 5. The third kappa shape index (κ3) is 2.44. The summed E-state index contributed by atoms with van der Waals surface area (Å²) in [7, 11) is 0. The lowest BCUT2D eigenvalue weighted by molar-refractivity contribution is -0.138. The van der Waals surface area contributed by atoms with Crippen LogP contribution in [0.4, 0.5) is 0 Å².